The Morgan fingerprint density at radius 3 is 2.74 bits per heavy atom. The van der Waals surface area contributed by atoms with Gasteiger partial charge in [-0.2, -0.15) is 5.10 Å². The molecule has 0 radical (unpaired) electrons. The maximum Gasteiger partial charge on any atom is 0.0744 e. The van der Waals surface area contributed by atoms with E-state index in [1.807, 2.05) is 26.0 Å². The summed E-state index contributed by atoms with van der Waals surface area (Å²) >= 11 is 3.56. The van der Waals surface area contributed by atoms with Crippen molar-refractivity contribution in [1.82, 2.24) is 10.2 Å². The highest BCUT2D eigenvalue weighted by Gasteiger charge is 2.09. The van der Waals surface area contributed by atoms with Crippen LogP contribution in [0.15, 0.2) is 22.7 Å². The molecule has 0 saturated carbocycles. The number of aromatic nitrogens is 2. The molecule has 102 valence electrons. The summed E-state index contributed by atoms with van der Waals surface area (Å²) in [6, 6.07) is 6.10. The van der Waals surface area contributed by atoms with Crippen molar-refractivity contribution in [2.24, 2.45) is 0 Å². The van der Waals surface area contributed by atoms with Crippen molar-refractivity contribution < 1.29 is 4.74 Å². The Morgan fingerprint density at radius 2 is 2.11 bits per heavy atom. The van der Waals surface area contributed by atoms with E-state index in [0.717, 1.165) is 33.7 Å². The molecule has 1 aromatic carbocycles. The van der Waals surface area contributed by atoms with Gasteiger partial charge in [-0.3, -0.25) is 5.10 Å². The summed E-state index contributed by atoms with van der Waals surface area (Å²) in [6.45, 7) is 5.37. The Balaban J connectivity index is 2.18. The Bertz CT molecular complexity index is 546. The average Bonchev–Trinajstić information content (AvgIpc) is 2.70. The quantitative estimate of drug-likeness (QED) is 0.884. The molecule has 0 atom stereocenters. The third kappa shape index (κ3) is 3.16. The first-order valence-electron chi connectivity index (χ1n) is 6.14. The molecule has 0 amide bonds. The summed E-state index contributed by atoms with van der Waals surface area (Å²) in [7, 11) is 1.70. The minimum atomic E-state index is 0.576. The zero-order chi connectivity index (χ0) is 13.8. The van der Waals surface area contributed by atoms with Gasteiger partial charge >= 0.3 is 0 Å². The van der Waals surface area contributed by atoms with Crippen LogP contribution in [-0.2, 0) is 17.9 Å². The van der Waals surface area contributed by atoms with E-state index in [-0.39, 0.29) is 0 Å². The molecule has 1 heterocycles. The number of halogens is 1. The number of aromatic amines is 1. The smallest absolute Gasteiger partial charge is 0.0744 e. The van der Waals surface area contributed by atoms with Gasteiger partial charge in [0.25, 0.3) is 0 Å². The van der Waals surface area contributed by atoms with Crippen molar-refractivity contribution in [2.75, 3.05) is 12.4 Å². The minimum absolute atomic E-state index is 0.576. The zero-order valence-electron chi connectivity index (χ0n) is 11.4. The molecule has 2 N–H and O–H groups in total. The van der Waals surface area contributed by atoms with Crippen molar-refractivity contribution in [3.8, 4) is 0 Å². The van der Waals surface area contributed by atoms with Gasteiger partial charge in [0.15, 0.2) is 0 Å². The highest BCUT2D eigenvalue weighted by atomic mass is 79.9. The molecule has 2 rings (SSSR count). The van der Waals surface area contributed by atoms with Crippen LogP contribution in [0.1, 0.15) is 22.5 Å². The molecule has 0 bridgehead atoms. The van der Waals surface area contributed by atoms with Gasteiger partial charge < -0.3 is 10.1 Å². The molecule has 19 heavy (non-hydrogen) atoms. The third-order valence-electron chi connectivity index (χ3n) is 3.14. The van der Waals surface area contributed by atoms with Crippen LogP contribution in [0.5, 0.6) is 0 Å². The highest BCUT2D eigenvalue weighted by molar-refractivity contribution is 9.10. The monoisotopic (exact) mass is 323 g/mol. The number of hydrogen-bond acceptors (Lipinski definition) is 3. The van der Waals surface area contributed by atoms with Crippen LogP contribution in [0.3, 0.4) is 0 Å². The van der Waals surface area contributed by atoms with E-state index in [2.05, 4.69) is 37.5 Å². The summed E-state index contributed by atoms with van der Waals surface area (Å²) < 4.78 is 6.30. The molecule has 0 saturated heterocycles. The van der Waals surface area contributed by atoms with Gasteiger partial charge in [-0.15, -0.1) is 0 Å². The second kappa shape index (κ2) is 6.21. The van der Waals surface area contributed by atoms with Crippen LogP contribution in [-0.4, -0.2) is 17.3 Å². The predicted molar refractivity (Wildman–Crippen MR) is 80.2 cm³/mol. The molecule has 0 aliphatic heterocycles. The molecule has 1 aromatic heterocycles. The molecule has 4 nitrogen and oxygen atoms in total. The standard InChI is InChI=1S/C14H18BrN3O/c1-9-11(10(2)18-17-9)7-16-14-6-4-5-13(15)12(14)8-19-3/h4-6,16H,7-8H2,1-3H3,(H,17,18). The van der Waals surface area contributed by atoms with Crippen LogP contribution < -0.4 is 5.32 Å². The normalized spacial score (nSPS) is 10.7. The van der Waals surface area contributed by atoms with Crippen molar-refractivity contribution in [1.29, 1.82) is 0 Å². The van der Waals surface area contributed by atoms with Gasteiger partial charge in [0.2, 0.25) is 0 Å². The van der Waals surface area contributed by atoms with Gasteiger partial charge in [0.05, 0.1) is 12.3 Å². The van der Waals surface area contributed by atoms with Crippen molar-refractivity contribution in [3.63, 3.8) is 0 Å². The largest absolute Gasteiger partial charge is 0.381 e. The number of hydrogen-bond donors (Lipinski definition) is 2. The van der Waals surface area contributed by atoms with E-state index in [1.54, 1.807) is 7.11 Å². The van der Waals surface area contributed by atoms with E-state index in [9.17, 15) is 0 Å². The number of benzene rings is 1. The van der Waals surface area contributed by atoms with Crippen LogP contribution in [0.2, 0.25) is 0 Å². The highest BCUT2D eigenvalue weighted by Crippen LogP contribution is 2.26. The third-order valence-corrected chi connectivity index (χ3v) is 3.89. The predicted octanol–water partition coefficient (Wildman–Crippen LogP) is 3.55. The average molecular weight is 324 g/mol. The molecule has 2 aromatic rings. The number of methoxy groups -OCH3 is 1. The lowest BCUT2D eigenvalue weighted by Crippen LogP contribution is -2.05. The molecular formula is C14H18BrN3O. The Kier molecular flexibility index (Phi) is 4.61. The van der Waals surface area contributed by atoms with E-state index >= 15 is 0 Å². The summed E-state index contributed by atoms with van der Waals surface area (Å²) in [4.78, 5) is 0. The number of H-pyrrole nitrogens is 1. The summed E-state index contributed by atoms with van der Waals surface area (Å²) in [6.07, 6.45) is 0. The topological polar surface area (TPSA) is 49.9 Å². The molecule has 0 fully saturated rings. The van der Waals surface area contributed by atoms with E-state index in [4.69, 9.17) is 4.74 Å². The molecule has 5 heteroatoms. The van der Waals surface area contributed by atoms with Crippen LogP contribution >= 0.6 is 15.9 Å². The summed E-state index contributed by atoms with van der Waals surface area (Å²) in [5.74, 6) is 0. The number of anilines is 1. The summed E-state index contributed by atoms with van der Waals surface area (Å²) in [5, 5.41) is 10.7. The first kappa shape index (κ1) is 14.1. The van der Waals surface area contributed by atoms with Crippen LogP contribution in [0.25, 0.3) is 0 Å². The maximum atomic E-state index is 5.25. The number of rotatable bonds is 5. The van der Waals surface area contributed by atoms with Crippen molar-refractivity contribution >= 4 is 21.6 Å². The lowest BCUT2D eigenvalue weighted by Gasteiger charge is -2.13. The van der Waals surface area contributed by atoms with Gasteiger partial charge in [-0.05, 0) is 26.0 Å². The lowest BCUT2D eigenvalue weighted by atomic mass is 10.1. The molecule has 0 unspecified atom stereocenters. The van der Waals surface area contributed by atoms with E-state index in [0.29, 0.717) is 6.61 Å². The van der Waals surface area contributed by atoms with Gasteiger partial charge in [-0.1, -0.05) is 22.0 Å². The Labute approximate surface area is 121 Å². The lowest BCUT2D eigenvalue weighted by molar-refractivity contribution is 0.185. The second-order valence-corrected chi connectivity index (χ2v) is 5.32. The van der Waals surface area contributed by atoms with Gasteiger partial charge in [0, 0.05) is 40.6 Å². The Hall–Kier alpha value is -1.33. The fourth-order valence-corrected chi connectivity index (χ4v) is 2.51. The van der Waals surface area contributed by atoms with Gasteiger partial charge in [0.1, 0.15) is 0 Å². The van der Waals surface area contributed by atoms with Crippen LogP contribution in [0, 0.1) is 13.8 Å². The number of ether oxygens (including phenoxy) is 1. The van der Waals surface area contributed by atoms with Crippen molar-refractivity contribution in [2.45, 2.75) is 27.0 Å². The first-order valence-corrected chi connectivity index (χ1v) is 6.93. The first-order chi connectivity index (χ1) is 9.13. The molecule has 0 aliphatic rings. The van der Waals surface area contributed by atoms with E-state index < -0.39 is 0 Å². The Morgan fingerprint density at radius 1 is 1.32 bits per heavy atom. The maximum absolute atomic E-state index is 5.25. The van der Waals surface area contributed by atoms with E-state index in [1.165, 1.54) is 5.56 Å². The zero-order valence-corrected chi connectivity index (χ0v) is 13.0. The van der Waals surface area contributed by atoms with Gasteiger partial charge in [-0.25, -0.2) is 0 Å². The second-order valence-electron chi connectivity index (χ2n) is 4.47. The van der Waals surface area contributed by atoms with Crippen LogP contribution in [0.4, 0.5) is 5.69 Å². The summed E-state index contributed by atoms with van der Waals surface area (Å²) in [5.41, 5.74) is 5.56. The van der Waals surface area contributed by atoms with Crippen molar-refractivity contribution in [3.05, 3.63) is 45.2 Å². The fourth-order valence-electron chi connectivity index (χ4n) is 2.03. The molecular weight excluding hydrogens is 306 g/mol. The fraction of sp³-hybridized carbons (Fsp3) is 0.357. The molecule has 0 spiro atoms. The molecule has 0 aliphatic carbocycles. The number of aryl methyl sites for hydroxylation is 2. The number of nitrogens with one attached hydrogen (secondary N) is 2. The SMILES string of the molecule is COCc1c(Br)cccc1NCc1c(C)n[nH]c1C. The minimum Gasteiger partial charge on any atom is -0.381 e. The number of nitrogens with zero attached hydrogens (tertiary/aromatic N) is 1.